The Labute approximate surface area is 191 Å². The number of thiazole rings is 1. The number of nitrogens with zero attached hydrogens (tertiary/aromatic N) is 1. The zero-order chi connectivity index (χ0) is 20.1. The molecule has 2 aromatic rings. The van der Waals surface area contributed by atoms with Crippen LogP contribution in [0.15, 0.2) is 18.2 Å². The number of fused-ring (bicyclic) bond motifs is 1. The quantitative estimate of drug-likeness (QED) is 0.515. The van der Waals surface area contributed by atoms with Gasteiger partial charge in [0.25, 0.3) is 0 Å². The molecule has 0 aliphatic heterocycles. The van der Waals surface area contributed by atoms with E-state index in [0.717, 1.165) is 67.3 Å². The standard InChI is InChI=1S/C23H31N3O2S.2CH4/c27-21(16-9-5-2-1-3-6-10-16)24-18-13-14-19-20(15-18)29-23(25-19)26-22(28)17-11-7-4-8-12-17;;/h13-17H,1-12H2,(H,24,27)(H,25,26,28);2*1H4. The molecule has 6 heteroatoms. The molecule has 1 aromatic heterocycles. The number of hydrogen-bond donors (Lipinski definition) is 2. The molecule has 2 fully saturated rings. The van der Waals surface area contributed by atoms with E-state index in [1.165, 1.54) is 37.0 Å². The molecule has 1 heterocycles. The van der Waals surface area contributed by atoms with E-state index >= 15 is 0 Å². The van der Waals surface area contributed by atoms with Gasteiger partial charge in [-0.3, -0.25) is 9.59 Å². The molecule has 2 N–H and O–H groups in total. The van der Waals surface area contributed by atoms with Crippen LogP contribution in [-0.2, 0) is 9.59 Å². The number of carbonyl (C=O) groups is 2. The van der Waals surface area contributed by atoms with Crippen LogP contribution in [0.5, 0.6) is 0 Å². The third-order valence-corrected chi connectivity index (χ3v) is 7.27. The van der Waals surface area contributed by atoms with Crippen molar-refractivity contribution in [3.05, 3.63) is 18.2 Å². The first kappa shape index (κ1) is 25.3. The first-order valence-corrected chi connectivity index (χ1v) is 12.0. The summed E-state index contributed by atoms with van der Waals surface area (Å²) in [5.74, 6) is 0.482. The van der Waals surface area contributed by atoms with Gasteiger partial charge in [-0.25, -0.2) is 4.98 Å². The molecule has 5 nitrogen and oxygen atoms in total. The minimum absolute atomic E-state index is 0. The summed E-state index contributed by atoms with van der Waals surface area (Å²) in [6.45, 7) is 0. The average Bonchev–Trinajstić information content (AvgIpc) is 3.09. The smallest absolute Gasteiger partial charge is 0.229 e. The summed E-state index contributed by atoms with van der Waals surface area (Å²) < 4.78 is 0.986. The molecule has 31 heavy (non-hydrogen) atoms. The van der Waals surface area contributed by atoms with Crippen molar-refractivity contribution in [1.29, 1.82) is 0 Å². The molecule has 2 aliphatic carbocycles. The second-order valence-corrected chi connectivity index (χ2v) is 9.59. The molecule has 4 rings (SSSR count). The fourth-order valence-corrected chi connectivity index (χ4v) is 5.50. The minimum Gasteiger partial charge on any atom is -0.326 e. The van der Waals surface area contributed by atoms with Gasteiger partial charge in [0.2, 0.25) is 11.8 Å². The van der Waals surface area contributed by atoms with Crippen LogP contribution in [0.3, 0.4) is 0 Å². The van der Waals surface area contributed by atoms with Gasteiger partial charge in [-0.1, -0.05) is 77.6 Å². The molecule has 0 spiro atoms. The van der Waals surface area contributed by atoms with Gasteiger partial charge in [0.05, 0.1) is 10.2 Å². The highest BCUT2D eigenvalue weighted by Crippen LogP contribution is 2.31. The molecular formula is C25H39N3O2S. The van der Waals surface area contributed by atoms with E-state index < -0.39 is 0 Å². The maximum absolute atomic E-state index is 12.7. The number of rotatable bonds is 4. The molecule has 0 radical (unpaired) electrons. The van der Waals surface area contributed by atoms with Crippen LogP contribution in [0, 0.1) is 11.8 Å². The van der Waals surface area contributed by atoms with E-state index in [0.29, 0.717) is 5.13 Å². The van der Waals surface area contributed by atoms with Gasteiger partial charge in [0, 0.05) is 17.5 Å². The number of benzene rings is 1. The van der Waals surface area contributed by atoms with Crippen LogP contribution < -0.4 is 10.6 Å². The maximum atomic E-state index is 12.7. The van der Waals surface area contributed by atoms with Gasteiger partial charge < -0.3 is 10.6 Å². The highest BCUT2D eigenvalue weighted by atomic mass is 32.1. The zero-order valence-electron chi connectivity index (χ0n) is 17.0. The van der Waals surface area contributed by atoms with Crippen molar-refractivity contribution in [3.8, 4) is 0 Å². The number of aromatic nitrogens is 1. The predicted octanol–water partition coefficient (Wildman–Crippen LogP) is 7.39. The Kier molecular flexibility index (Phi) is 9.94. The monoisotopic (exact) mass is 445 g/mol. The van der Waals surface area contributed by atoms with Crippen LogP contribution in [0.1, 0.15) is 91.9 Å². The van der Waals surface area contributed by atoms with Crippen molar-refractivity contribution in [1.82, 2.24) is 4.98 Å². The van der Waals surface area contributed by atoms with Crippen molar-refractivity contribution in [2.45, 2.75) is 91.9 Å². The molecule has 2 amide bonds. The summed E-state index contributed by atoms with van der Waals surface area (Å²) in [7, 11) is 0. The number of amides is 2. The van der Waals surface area contributed by atoms with Gasteiger partial charge in [0.15, 0.2) is 5.13 Å². The Morgan fingerprint density at radius 1 is 0.774 bits per heavy atom. The van der Waals surface area contributed by atoms with Crippen molar-refractivity contribution < 1.29 is 9.59 Å². The predicted molar refractivity (Wildman–Crippen MR) is 133 cm³/mol. The number of hydrogen-bond acceptors (Lipinski definition) is 4. The summed E-state index contributed by atoms with van der Waals surface area (Å²) in [6.07, 6.45) is 13.5. The van der Waals surface area contributed by atoms with Crippen molar-refractivity contribution in [3.63, 3.8) is 0 Å². The van der Waals surface area contributed by atoms with Crippen molar-refractivity contribution in [2.24, 2.45) is 11.8 Å². The second kappa shape index (κ2) is 12.2. The molecule has 0 bridgehead atoms. The highest BCUT2D eigenvalue weighted by molar-refractivity contribution is 7.22. The molecular weight excluding hydrogens is 406 g/mol. The van der Waals surface area contributed by atoms with E-state index in [1.54, 1.807) is 0 Å². The van der Waals surface area contributed by atoms with Crippen LogP contribution in [0.4, 0.5) is 10.8 Å². The second-order valence-electron chi connectivity index (χ2n) is 8.56. The lowest BCUT2D eigenvalue weighted by Crippen LogP contribution is -2.24. The number of anilines is 2. The van der Waals surface area contributed by atoms with Gasteiger partial charge in [-0.05, 0) is 43.9 Å². The summed E-state index contributed by atoms with van der Waals surface area (Å²) in [4.78, 5) is 29.8. The van der Waals surface area contributed by atoms with Gasteiger partial charge >= 0.3 is 0 Å². The molecule has 2 aliphatic rings. The first-order chi connectivity index (χ1) is 14.2. The molecule has 2 saturated carbocycles. The zero-order valence-corrected chi connectivity index (χ0v) is 17.9. The molecule has 0 saturated heterocycles. The lowest BCUT2D eigenvalue weighted by Gasteiger charge is -2.19. The Hall–Kier alpha value is -1.95. The fourth-order valence-electron chi connectivity index (χ4n) is 4.59. The molecule has 172 valence electrons. The number of carbonyl (C=O) groups excluding carboxylic acids is 2. The third-order valence-electron chi connectivity index (χ3n) is 6.34. The van der Waals surface area contributed by atoms with E-state index in [4.69, 9.17) is 0 Å². The van der Waals surface area contributed by atoms with Crippen LogP contribution in [0.2, 0.25) is 0 Å². The summed E-state index contributed by atoms with van der Waals surface area (Å²) in [5.41, 5.74) is 1.68. The Morgan fingerprint density at radius 2 is 1.29 bits per heavy atom. The van der Waals surface area contributed by atoms with E-state index in [1.807, 2.05) is 18.2 Å². The normalized spacial score (nSPS) is 18.2. The van der Waals surface area contributed by atoms with Gasteiger partial charge in [-0.15, -0.1) is 0 Å². The van der Waals surface area contributed by atoms with Gasteiger partial charge in [-0.2, -0.15) is 0 Å². The van der Waals surface area contributed by atoms with Crippen molar-refractivity contribution >= 4 is 44.2 Å². The highest BCUT2D eigenvalue weighted by Gasteiger charge is 2.22. The SMILES string of the molecule is C.C.O=C(Nc1ccc2nc(NC(=O)C3CCCCC3)sc2c1)C1CCCCCCC1. The lowest BCUT2D eigenvalue weighted by molar-refractivity contribution is -0.121. The minimum atomic E-state index is 0. The van der Waals surface area contributed by atoms with E-state index in [9.17, 15) is 9.59 Å². The summed E-state index contributed by atoms with van der Waals surface area (Å²) in [5, 5.41) is 6.77. The fraction of sp³-hybridized carbons (Fsp3) is 0.640. The largest absolute Gasteiger partial charge is 0.326 e. The van der Waals surface area contributed by atoms with Gasteiger partial charge in [0.1, 0.15) is 0 Å². The van der Waals surface area contributed by atoms with E-state index in [2.05, 4.69) is 15.6 Å². The maximum Gasteiger partial charge on any atom is 0.229 e. The lowest BCUT2D eigenvalue weighted by atomic mass is 9.89. The first-order valence-electron chi connectivity index (χ1n) is 11.2. The Balaban J connectivity index is 0.00000171. The van der Waals surface area contributed by atoms with Crippen molar-refractivity contribution in [2.75, 3.05) is 10.6 Å². The van der Waals surface area contributed by atoms with Crippen LogP contribution in [-0.4, -0.2) is 16.8 Å². The summed E-state index contributed by atoms with van der Waals surface area (Å²) in [6, 6.07) is 5.82. The summed E-state index contributed by atoms with van der Waals surface area (Å²) >= 11 is 1.48. The van der Waals surface area contributed by atoms with Crippen LogP contribution >= 0.6 is 11.3 Å². The molecule has 1 aromatic carbocycles. The van der Waals surface area contributed by atoms with Crippen LogP contribution in [0.25, 0.3) is 10.2 Å². The topological polar surface area (TPSA) is 71.1 Å². The Morgan fingerprint density at radius 3 is 1.90 bits per heavy atom. The number of nitrogens with one attached hydrogen (secondary N) is 2. The Bertz CT molecular complexity index is 850. The molecule has 0 atom stereocenters. The molecule has 0 unspecified atom stereocenters. The third kappa shape index (κ3) is 6.76. The van der Waals surface area contributed by atoms with E-state index in [-0.39, 0.29) is 38.5 Å². The average molecular weight is 446 g/mol.